The number of fused-ring (bicyclic) bond motifs is 1. The van der Waals surface area contributed by atoms with Crippen LogP contribution < -0.4 is 0 Å². The highest BCUT2D eigenvalue weighted by Crippen LogP contribution is 2.32. The predicted molar refractivity (Wildman–Crippen MR) is 60.9 cm³/mol. The summed E-state index contributed by atoms with van der Waals surface area (Å²) in [5, 5.41) is 9.82. The van der Waals surface area contributed by atoms with Gasteiger partial charge in [-0.2, -0.15) is 0 Å². The Kier molecular flexibility index (Phi) is 2.56. The molecule has 0 saturated carbocycles. The lowest BCUT2D eigenvalue weighted by Gasteiger charge is -1.97. The van der Waals surface area contributed by atoms with Gasteiger partial charge in [0.05, 0.1) is 10.2 Å². The number of carboxylic acids is 1. The van der Waals surface area contributed by atoms with Crippen LogP contribution in [0.25, 0.3) is 10.1 Å². The largest absolute Gasteiger partial charge is 0.481 e. The highest BCUT2D eigenvalue weighted by atomic mass is 79.9. The number of hydrogen-bond donors (Lipinski definition) is 1. The van der Waals surface area contributed by atoms with Gasteiger partial charge in [0.25, 0.3) is 0 Å². The Labute approximate surface area is 93.3 Å². The third kappa shape index (κ3) is 1.81. The highest BCUT2D eigenvalue weighted by molar-refractivity contribution is 9.11. The third-order valence-electron chi connectivity index (χ3n) is 1.94. The van der Waals surface area contributed by atoms with Crippen molar-refractivity contribution in [3.05, 3.63) is 33.6 Å². The van der Waals surface area contributed by atoms with Gasteiger partial charge >= 0.3 is 5.97 Å². The molecule has 1 aromatic carbocycles. The number of hydrogen-bond acceptors (Lipinski definition) is 2. The molecule has 0 spiro atoms. The van der Waals surface area contributed by atoms with Crippen LogP contribution in [0, 0.1) is 0 Å². The first kappa shape index (κ1) is 9.68. The molecular formula is C10H7BrO2S. The van der Waals surface area contributed by atoms with Crippen LogP contribution in [0.4, 0.5) is 0 Å². The van der Waals surface area contributed by atoms with Gasteiger partial charge in [0.2, 0.25) is 0 Å². The minimum absolute atomic E-state index is 0.0876. The number of halogens is 1. The molecule has 0 aliphatic carbocycles. The van der Waals surface area contributed by atoms with E-state index in [-0.39, 0.29) is 6.42 Å². The lowest BCUT2D eigenvalue weighted by Crippen LogP contribution is -1.99. The van der Waals surface area contributed by atoms with Gasteiger partial charge in [-0.25, -0.2) is 0 Å². The second-order valence-electron chi connectivity index (χ2n) is 2.96. The van der Waals surface area contributed by atoms with Crippen LogP contribution >= 0.6 is 27.3 Å². The molecule has 2 aromatic rings. The SMILES string of the molecule is O=C(O)Cc1cccc2cc(Br)sc12. The van der Waals surface area contributed by atoms with Crippen molar-refractivity contribution >= 4 is 43.3 Å². The molecule has 0 atom stereocenters. The van der Waals surface area contributed by atoms with E-state index in [4.69, 9.17) is 5.11 Å². The molecule has 0 aliphatic rings. The zero-order valence-electron chi connectivity index (χ0n) is 7.16. The van der Waals surface area contributed by atoms with Gasteiger partial charge in [0, 0.05) is 4.70 Å². The topological polar surface area (TPSA) is 37.3 Å². The van der Waals surface area contributed by atoms with Crippen LogP contribution in [0.15, 0.2) is 28.1 Å². The van der Waals surface area contributed by atoms with Gasteiger partial charge in [0.15, 0.2) is 0 Å². The van der Waals surface area contributed by atoms with E-state index in [1.54, 1.807) is 11.3 Å². The molecule has 0 radical (unpaired) electrons. The van der Waals surface area contributed by atoms with Crippen molar-refractivity contribution in [2.75, 3.05) is 0 Å². The number of carboxylic acid groups (broad SMARTS) is 1. The fourth-order valence-electron chi connectivity index (χ4n) is 1.39. The summed E-state index contributed by atoms with van der Waals surface area (Å²) in [6, 6.07) is 7.74. The maximum Gasteiger partial charge on any atom is 0.307 e. The summed E-state index contributed by atoms with van der Waals surface area (Å²) in [4.78, 5) is 10.6. The molecule has 0 aliphatic heterocycles. The van der Waals surface area contributed by atoms with Gasteiger partial charge in [-0.3, -0.25) is 4.79 Å². The van der Waals surface area contributed by atoms with Crippen molar-refractivity contribution in [2.24, 2.45) is 0 Å². The lowest BCUT2D eigenvalue weighted by atomic mass is 10.1. The van der Waals surface area contributed by atoms with E-state index in [9.17, 15) is 4.79 Å². The Morgan fingerprint density at radius 3 is 3.00 bits per heavy atom. The molecule has 0 unspecified atom stereocenters. The summed E-state index contributed by atoms with van der Waals surface area (Å²) >= 11 is 4.97. The molecular weight excluding hydrogens is 264 g/mol. The van der Waals surface area contributed by atoms with E-state index in [0.717, 1.165) is 19.4 Å². The number of rotatable bonds is 2. The monoisotopic (exact) mass is 270 g/mol. The summed E-state index contributed by atoms with van der Waals surface area (Å²) in [6.45, 7) is 0. The maximum atomic E-state index is 10.6. The Balaban J connectivity index is 2.58. The minimum atomic E-state index is -0.790. The van der Waals surface area contributed by atoms with E-state index < -0.39 is 5.97 Å². The fourth-order valence-corrected chi connectivity index (χ4v) is 3.02. The number of thiophene rings is 1. The van der Waals surface area contributed by atoms with Crippen molar-refractivity contribution in [2.45, 2.75) is 6.42 Å². The van der Waals surface area contributed by atoms with Gasteiger partial charge in [-0.05, 0) is 32.9 Å². The normalized spacial score (nSPS) is 10.6. The molecule has 72 valence electrons. The third-order valence-corrected chi connectivity index (χ3v) is 3.67. The molecule has 14 heavy (non-hydrogen) atoms. The Morgan fingerprint density at radius 2 is 2.29 bits per heavy atom. The first-order chi connectivity index (χ1) is 6.66. The fraction of sp³-hybridized carbons (Fsp3) is 0.100. The number of benzene rings is 1. The summed E-state index contributed by atoms with van der Waals surface area (Å²) in [5.74, 6) is -0.790. The zero-order chi connectivity index (χ0) is 10.1. The number of aliphatic carboxylic acids is 1. The highest BCUT2D eigenvalue weighted by Gasteiger charge is 2.07. The number of carbonyl (C=O) groups is 1. The summed E-state index contributed by atoms with van der Waals surface area (Å²) in [5.41, 5.74) is 0.880. The van der Waals surface area contributed by atoms with E-state index in [2.05, 4.69) is 15.9 Å². The van der Waals surface area contributed by atoms with Crippen molar-refractivity contribution in [3.8, 4) is 0 Å². The minimum Gasteiger partial charge on any atom is -0.481 e. The first-order valence-corrected chi connectivity index (χ1v) is 5.66. The summed E-state index contributed by atoms with van der Waals surface area (Å²) in [7, 11) is 0. The average molecular weight is 271 g/mol. The van der Waals surface area contributed by atoms with Crippen molar-refractivity contribution in [1.29, 1.82) is 0 Å². The molecule has 2 rings (SSSR count). The quantitative estimate of drug-likeness (QED) is 0.910. The van der Waals surface area contributed by atoms with Gasteiger partial charge in [0.1, 0.15) is 0 Å². The zero-order valence-corrected chi connectivity index (χ0v) is 9.56. The van der Waals surface area contributed by atoms with Gasteiger partial charge in [-0.1, -0.05) is 18.2 Å². The van der Waals surface area contributed by atoms with E-state index in [1.165, 1.54) is 0 Å². The molecule has 1 aromatic heterocycles. The summed E-state index contributed by atoms with van der Waals surface area (Å²) < 4.78 is 2.09. The van der Waals surface area contributed by atoms with Crippen LogP contribution in [0.5, 0.6) is 0 Å². The second kappa shape index (κ2) is 3.71. The van der Waals surface area contributed by atoms with Crippen LogP contribution in [-0.4, -0.2) is 11.1 Å². The molecule has 0 saturated heterocycles. The van der Waals surface area contributed by atoms with E-state index in [1.807, 2.05) is 24.3 Å². The van der Waals surface area contributed by atoms with Gasteiger partial charge < -0.3 is 5.11 Å². The second-order valence-corrected chi connectivity index (χ2v) is 5.39. The predicted octanol–water partition coefficient (Wildman–Crippen LogP) is 3.29. The smallest absolute Gasteiger partial charge is 0.307 e. The maximum absolute atomic E-state index is 10.6. The van der Waals surface area contributed by atoms with Crippen LogP contribution in [0.3, 0.4) is 0 Å². The summed E-state index contributed by atoms with van der Waals surface area (Å²) in [6.07, 6.45) is 0.0876. The Morgan fingerprint density at radius 1 is 1.50 bits per heavy atom. The lowest BCUT2D eigenvalue weighted by molar-refractivity contribution is -0.136. The van der Waals surface area contributed by atoms with E-state index >= 15 is 0 Å². The molecule has 2 nitrogen and oxygen atoms in total. The average Bonchev–Trinajstić information content (AvgIpc) is 2.45. The molecule has 0 bridgehead atoms. The Hall–Kier alpha value is -0.870. The van der Waals surface area contributed by atoms with Crippen molar-refractivity contribution in [1.82, 2.24) is 0 Å². The van der Waals surface area contributed by atoms with Gasteiger partial charge in [-0.15, -0.1) is 11.3 Å². The Bertz CT molecular complexity index is 490. The van der Waals surface area contributed by atoms with Crippen molar-refractivity contribution in [3.63, 3.8) is 0 Å². The molecule has 0 fully saturated rings. The molecule has 1 heterocycles. The molecule has 4 heteroatoms. The van der Waals surface area contributed by atoms with Crippen LogP contribution in [0.2, 0.25) is 0 Å². The van der Waals surface area contributed by atoms with E-state index in [0.29, 0.717) is 0 Å². The van der Waals surface area contributed by atoms with Crippen LogP contribution in [-0.2, 0) is 11.2 Å². The first-order valence-electron chi connectivity index (χ1n) is 4.05. The molecule has 0 amide bonds. The van der Waals surface area contributed by atoms with Crippen LogP contribution in [0.1, 0.15) is 5.56 Å². The van der Waals surface area contributed by atoms with Crippen molar-refractivity contribution < 1.29 is 9.90 Å². The molecule has 1 N–H and O–H groups in total. The standard InChI is InChI=1S/C10H7BrO2S/c11-8-4-6-2-1-3-7(5-9(12)13)10(6)14-8/h1-4H,5H2,(H,12,13).